The number of hydrogen-bond donors (Lipinski definition) is 1. The lowest BCUT2D eigenvalue weighted by atomic mass is 10.0. The topological polar surface area (TPSA) is 24.9 Å². The molecule has 2 nitrogen and oxygen atoms in total. The van der Waals surface area contributed by atoms with Crippen molar-refractivity contribution in [3.05, 3.63) is 18.3 Å². The van der Waals surface area contributed by atoms with Gasteiger partial charge in [-0.1, -0.05) is 0 Å². The summed E-state index contributed by atoms with van der Waals surface area (Å²) in [6, 6.07) is 4.15. The maximum atomic E-state index is 5.48. The second-order valence-electron chi connectivity index (χ2n) is 2.77. The van der Waals surface area contributed by atoms with Crippen molar-refractivity contribution in [2.45, 2.75) is 19.9 Å². The zero-order valence-corrected chi connectivity index (χ0v) is 6.83. The Morgan fingerprint density at radius 1 is 1.55 bits per heavy atom. The van der Waals surface area contributed by atoms with Gasteiger partial charge in [0.25, 0.3) is 0 Å². The third-order valence-corrected chi connectivity index (χ3v) is 1.24. The van der Waals surface area contributed by atoms with Gasteiger partial charge in [0.05, 0.1) is 0 Å². The van der Waals surface area contributed by atoms with Crippen LogP contribution in [-0.4, -0.2) is 18.9 Å². The van der Waals surface area contributed by atoms with Crippen molar-refractivity contribution < 1.29 is 0 Å². The largest absolute Gasteiger partial charge is 0.383 e. The molecule has 0 saturated heterocycles. The highest BCUT2D eigenvalue weighted by atomic mass is 14.9. The predicted molar refractivity (Wildman–Crippen MR) is 48.4 cm³/mol. The average molecular weight is 146 g/mol. The summed E-state index contributed by atoms with van der Waals surface area (Å²) in [5, 5.41) is 3.23. The van der Waals surface area contributed by atoms with Crippen molar-refractivity contribution in [3.63, 3.8) is 0 Å². The van der Waals surface area contributed by atoms with Gasteiger partial charge < -0.3 is 5.32 Å². The maximum Gasteiger partial charge on any atom is 0.141 e. The first-order chi connectivity index (χ1) is 5.18. The first kappa shape index (κ1) is 8.11. The molecule has 1 N–H and O–H groups in total. The fourth-order valence-electron chi connectivity index (χ4n) is 0.871. The smallest absolute Gasteiger partial charge is 0.141 e. The average Bonchev–Trinajstić information content (AvgIpc) is 1.85. The fraction of sp³-hybridized carbons (Fsp3) is 0.375. The zero-order chi connectivity index (χ0) is 8.27. The Morgan fingerprint density at radius 2 is 2.27 bits per heavy atom. The van der Waals surface area contributed by atoms with Crippen LogP contribution >= 0.6 is 0 Å². The van der Waals surface area contributed by atoms with Crippen molar-refractivity contribution in [3.8, 4) is 0 Å². The summed E-state index contributed by atoms with van der Waals surface area (Å²) in [6.07, 6.45) is 1.69. The normalized spacial score (nSPS) is 10.1. The molecule has 0 amide bonds. The van der Waals surface area contributed by atoms with E-state index in [9.17, 15) is 0 Å². The van der Waals surface area contributed by atoms with Crippen molar-refractivity contribution in [2.75, 3.05) is 5.32 Å². The SMILES string of the molecule is [B]c1cc(NC(C)C)ccn1. The second kappa shape index (κ2) is 3.42. The Balaban J connectivity index is 2.71. The summed E-state index contributed by atoms with van der Waals surface area (Å²) in [7, 11) is 5.48. The van der Waals surface area contributed by atoms with Crippen LogP contribution in [-0.2, 0) is 0 Å². The molecule has 0 unspecified atom stereocenters. The Morgan fingerprint density at radius 3 is 2.82 bits per heavy atom. The van der Waals surface area contributed by atoms with Crippen LogP contribution in [0, 0.1) is 0 Å². The molecule has 1 aromatic heterocycles. The Labute approximate surface area is 68.4 Å². The summed E-state index contributed by atoms with van der Waals surface area (Å²) in [5.41, 5.74) is 1.57. The van der Waals surface area contributed by atoms with Crippen LogP contribution in [0.25, 0.3) is 0 Å². The van der Waals surface area contributed by atoms with Gasteiger partial charge in [0.2, 0.25) is 0 Å². The van der Waals surface area contributed by atoms with Crippen LogP contribution < -0.4 is 10.9 Å². The second-order valence-corrected chi connectivity index (χ2v) is 2.77. The van der Waals surface area contributed by atoms with Crippen molar-refractivity contribution in [1.82, 2.24) is 4.98 Å². The van der Waals surface area contributed by atoms with E-state index in [0.29, 0.717) is 11.6 Å². The molecule has 0 aromatic carbocycles. The van der Waals surface area contributed by atoms with E-state index < -0.39 is 0 Å². The van der Waals surface area contributed by atoms with Crippen LogP contribution in [0.5, 0.6) is 0 Å². The molecule has 0 aliphatic rings. The molecule has 0 fully saturated rings. The van der Waals surface area contributed by atoms with Gasteiger partial charge in [0.1, 0.15) is 7.85 Å². The molecule has 3 heteroatoms. The molecule has 11 heavy (non-hydrogen) atoms. The zero-order valence-electron chi connectivity index (χ0n) is 6.83. The van der Waals surface area contributed by atoms with Crippen LogP contribution in [0.3, 0.4) is 0 Å². The van der Waals surface area contributed by atoms with Crippen LogP contribution in [0.1, 0.15) is 13.8 Å². The highest BCUT2D eigenvalue weighted by Crippen LogP contribution is 2.02. The quantitative estimate of drug-likeness (QED) is 0.621. The molecule has 1 aromatic rings. The highest BCUT2D eigenvalue weighted by Gasteiger charge is 1.93. The standard InChI is InChI=1S/C8H11BN2/c1-6(2)11-7-3-4-10-8(9)5-7/h3-6H,1-2H3,(H,10,11). The number of hydrogen-bond acceptors (Lipinski definition) is 2. The summed E-state index contributed by atoms with van der Waals surface area (Å²) in [4.78, 5) is 3.88. The molecule has 0 bridgehead atoms. The summed E-state index contributed by atoms with van der Waals surface area (Å²) >= 11 is 0. The molecule has 0 saturated carbocycles. The van der Waals surface area contributed by atoms with Gasteiger partial charge in [-0.15, -0.1) is 0 Å². The lowest BCUT2D eigenvalue weighted by molar-refractivity contribution is 0.899. The Kier molecular flexibility index (Phi) is 2.52. The minimum Gasteiger partial charge on any atom is -0.383 e. The number of pyridine rings is 1. The first-order valence-electron chi connectivity index (χ1n) is 3.66. The number of aromatic nitrogens is 1. The van der Waals surface area contributed by atoms with Gasteiger partial charge in [-0.3, -0.25) is 4.98 Å². The van der Waals surface area contributed by atoms with Crippen molar-refractivity contribution in [1.29, 1.82) is 0 Å². The minimum absolute atomic E-state index is 0.428. The molecule has 56 valence electrons. The molecular weight excluding hydrogens is 135 g/mol. The molecule has 0 aliphatic heterocycles. The van der Waals surface area contributed by atoms with E-state index in [1.54, 1.807) is 6.20 Å². The number of nitrogens with zero attached hydrogens (tertiary/aromatic N) is 1. The van der Waals surface area contributed by atoms with E-state index in [2.05, 4.69) is 24.1 Å². The van der Waals surface area contributed by atoms with Gasteiger partial charge >= 0.3 is 0 Å². The van der Waals surface area contributed by atoms with Gasteiger partial charge in [-0.25, -0.2) is 0 Å². The van der Waals surface area contributed by atoms with Gasteiger partial charge in [0, 0.05) is 17.9 Å². The molecular formula is C8H11BN2. The van der Waals surface area contributed by atoms with E-state index in [4.69, 9.17) is 7.85 Å². The van der Waals surface area contributed by atoms with Gasteiger partial charge in [-0.05, 0) is 31.6 Å². The van der Waals surface area contributed by atoms with Gasteiger partial charge in [0.15, 0.2) is 0 Å². The summed E-state index contributed by atoms with van der Waals surface area (Å²) < 4.78 is 0. The third-order valence-electron chi connectivity index (χ3n) is 1.24. The molecule has 0 aliphatic carbocycles. The van der Waals surface area contributed by atoms with E-state index >= 15 is 0 Å². The molecule has 0 atom stereocenters. The lowest BCUT2D eigenvalue weighted by Crippen LogP contribution is -2.13. The highest BCUT2D eigenvalue weighted by molar-refractivity contribution is 6.30. The van der Waals surface area contributed by atoms with E-state index in [1.807, 2.05) is 12.1 Å². The Bertz CT molecular complexity index is 235. The van der Waals surface area contributed by atoms with Crippen molar-refractivity contribution in [2.24, 2.45) is 0 Å². The Hall–Kier alpha value is -0.985. The maximum absolute atomic E-state index is 5.48. The van der Waals surface area contributed by atoms with Crippen LogP contribution in [0.2, 0.25) is 0 Å². The fourth-order valence-corrected chi connectivity index (χ4v) is 0.871. The van der Waals surface area contributed by atoms with Crippen molar-refractivity contribution >= 4 is 19.1 Å². The minimum atomic E-state index is 0.428. The molecule has 1 heterocycles. The van der Waals surface area contributed by atoms with Crippen LogP contribution in [0.4, 0.5) is 5.69 Å². The number of rotatable bonds is 2. The molecule has 2 radical (unpaired) electrons. The third kappa shape index (κ3) is 2.62. The monoisotopic (exact) mass is 146 g/mol. The van der Waals surface area contributed by atoms with Gasteiger partial charge in [-0.2, -0.15) is 0 Å². The van der Waals surface area contributed by atoms with E-state index in [1.165, 1.54) is 0 Å². The lowest BCUT2D eigenvalue weighted by Gasteiger charge is -2.09. The summed E-state index contributed by atoms with van der Waals surface area (Å²) in [6.45, 7) is 4.16. The number of anilines is 1. The van der Waals surface area contributed by atoms with Crippen LogP contribution in [0.15, 0.2) is 18.3 Å². The predicted octanol–water partition coefficient (Wildman–Crippen LogP) is 0.696. The first-order valence-corrected chi connectivity index (χ1v) is 3.66. The van der Waals surface area contributed by atoms with E-state index in [0.717, 1.165) is 5.69 Å². The molecule has 0 spiro atoms. The number of nitrogens with one attached hydrogen (secondary N) is 1. The summed E-state index contributed by atoms with van der Waals surface area (Å²) in [5.74, 6) is 0. The van der Waals surface area contributed by atoms with E-state index in [-0.39, 0.29) is 0 Å². The molecule has 1 rings (SSSR count).